The molecule has 7 nitrogen and oxygen atoms in total. The molecule has 0 saturated carbocycles. The first-order valence-electron chi connectivity index (χ1n) is 11.1. The number of nitrogens with zero attached hydrogens (tertiary/aromatic N) is 2. The second-order valence-electron chi connectivity index (χ2n) is 8.46. The van der Waals surface area contributed by atoms with E-state index in [0.29, 0.717) is 37.4 Å². The molecule has 3 heterocycles. The average Bonchev–Trinajstić information content (AvgIpc) is 3.42. The molecule has 0 spiro atoms. The maximum Gasteiger partial charge on any atom is 0.253 e. The number of methoxy groups -OCH3 is 2. The van der Waals surface area contributed by atoms with Crippen LogP contribution in [-0.4, -0.2) is 50.3 Å². The Bertz CT molecular complexity index is 1320. The van der Waals surface area contributed by atoms with Gasteiger partial charge in [-0.2, -0.15) is 4.31 Å². The van der Waals surface area contributed by atoms with Gasteiger partial charge in [-0.1, -0.05) is 30.3 Å². The fourth-order valence-electron chi connectivity index (χ4n) is 4.77. The molecule has 1 atom stereocenters. The third-order valence-corrected chi connectivity index (χ3v) is 9.81. The van der Waals surface area contributed by atoms with Gasteiger partial charge >= 0.3 is 0 Å². The Morgan fingerprint density at radius 2 is 1.65 bits per heavy atom. The van der Waals surface area contributed by atoms with Gasteiger partial charge in [0.15, 0.2) is 11.5 Å². The molecular formula is C25H26N2O5S2. The Morgan fingerprint density at radius 1 is 0.941 bits per heavy atom. The quantitative estimate of drug-likeness (QED) is 0.539. The van der Waals surface area contributed by atoms with Gasteiger partial charge in [-0.3, -0.25) is 4.79 Å². The summed E-state index contributed by atoms with van der Waals surface area (Å²) in [5.41, 5.74) is 4.05. The van der Waals surface area contributed by atoms with Crippen LogP contribution in [0.25, 0.3) is 0 Å². The Labute approximate surface area is 203 Å². The molecule has 3 aromatic rings. The molecule has 0 radical (unpaired) electrons. The lowest BCUT2D eigenvalue weighted by atomic mass is 9.93. The largest absolute Gasteiger partial charge is 0.493 e. The second-order valence-corrected chi connectivity index (χ2v) is 11.5. The van der Waals surface area contributed by atoms with E-state index in [1.165, 1.54) is 15.6 Å². The molecule has 2 aromatic carbocycles. The topological polar surface area (TPSA) is 76.2 Å². The van der Waals surface area contributed by atoms with Gasteiger partial charge in [0, 0.05) is 19.6 Å². The van der Waals surface area contributed by atoms with Gasteiger partial charge in [0.1, 0.15) is 10.3 Å². The number of ether oxygens (including phenoxy) is 2. The maximum atomic E-state index is 13.8. The Hall–Kier alpha value is -2.88. The monoisotopic (exact) mass is 498 g/mol. The summed E-state index contributed by atoms with van der Waals surface area (Å²) in [5, 5.41) is 1.74. The highest BCUT2D eigenvalue weighted by Gasteiger charge is 2.42. The molecule has 2 aliphatic rings. The Kier molecular flexibility index (Phi) is 6.09. The van der Waals surface area contributed by atoms with E-state index in [1.54, 1.807) is 36.6 Å². The number of sulfonamides is 1. The molecule has 9 heteroatoms. The van der Waals surface area contributed by atoms with Crippen LogP contribution in [0.2, 0.25) is 0 Å². The lowest BCUT2D eigenvalue weighted by molar-refractivity contribution is -0.136. The predicted molar refractivity (Wildman–Crippen MR) is 130 cm³/mol. The summed E-state index contributed by atoms with van der Waals surface area (Å²) < 4.78 is 39.6. The zero-order valence-electron chi connectivity index (χ0n) is 19.1. The SMILES string of the molecule is COc1cc2c(cc1OC)CN(C(=O)[C@H]1Cc3ccccc3CN1S(=O)(=O)c1cccs1)CC2. The summed E-state index contributed by atoms with van der Waals surface area (Å²) in [5.74, 6) is 1.11. The van der Waals surface area contributed by atoms with Crippen molar-refractivity contribution in [1.82, 2.24) is 9.21 Å². The third-order valence-electron chi connectivity index (χ3n) is 6.58. The highest BCUT2D eigenvalue weighted by atomic mass is 32.2. The lowest BCUT2D eigenvalue weighted by Gasteiger charge is -2.39. The summed E-state index contributed by atoms with van der Waals surface area (Å²) in [6, 6.07) is 14.1. The molecule has 0 fully saturated rings. The molecular weight excluding hydrogens is 472 g/mol. The summed E-state index contributed by atoms with van der Waals surface area (Å²) in [4.78, 5) is 15.6. The van der Waals surface area contributed by atoms with Gasteiger partial charge < -0.3 is 14.4 Å². The van der Waals surface area contributed by atoms with Crippen LogP contribution in [0.5, 0.6) is 11.5 Å². The fourth-order valence-corrected chi connectivity index (χ4v) is 7.45. The van der Waals surface area contributed by atoms with Crippen LogP contribution in [-0.2, 0) is 40.7 Å². The molecule has 0 saturated heterocycles. The summed E-state index contributed by atoms with van der Waals surface area (Å²) in [7, 11) is -0.617. The molecule has 2 aliphatic heterocycles. The third kappa shape index (κ3) is 3.97. The first-order chi connectivity index (χ1) is 16.4. The zero-order chi connectivity index (χ0) is 23.9. The molecule has 1 aromatic heterocycles. The van der Waals surface area contributed by atoms with E-state index in [9.17, 15) is 13.2 Å². The average molecular weight is 499 g/mol. The van der Waals surface area contributed by atoms with Crippen molar-refractivity contribution < 1.29 is 22.7 Å². The van der Waals surface area contributed by atoms with Crippen LogP contribution in [0.4, 0.5) is 0 Å². The van der Waals surface area contributed by atoms with Gasteiger partial charge in [0.25, 0.3) is 10.0 Å². The highest BCUT2D eigenvalue weighted by molar-refractivity contribution is 7.91. The standard InChI is InChI=1S/C25H26N2O5S2/c1-31-22-13-18-9-10-26(15-20(18)14-23(22)32-2)25(28)21-12-17-6-3-4-7-19(17)16-27(21)34(29,30)24-8-5-11-33-24/h3-8,11,13-14,21H,9-10,12,15-16H2,1-2H3/t21-/m1/s1. The highest BCUT2D eigenvalue weighted by Crippen LogP contribution is 2.35. The van der Waals surface area contributed by atoms with E-state index in [-0.39, 0.29) is 16.7 Å². The number of carbonyl (C=O) groups is 1. The molecule has 34 heavy (non-hydrogen) atoms. The van der Waals surface area contributed by atoms with Crippen LogP contribution in [0, 0.1) is 0 Å². The van der Waals surface area contributed by atoms with E-state index >= 15 is 0 Å². The maximum absolute atomic E-state index is 13.8. The van der Waals surface area contributed by atoms with Gasteiger partial charge in [0.05, 0.1) is 14.2 Å². The second kappa shape index (κ2) is 9.05. The zero-order valence-corrected chi connectivity index (χ0v) is 20.7. The first-order valence-corrected chi connectivity index (χ1v) is 13.4. The number of thiophene rings is 1. The van der Waals surface area contributed by atoms with E-state index in [0.717, 1.165) is 22.3 Å². The van der Waals surface area contributed by atoms with Crippen molar-refractivity contribution in [2.24, 2.45) is 0 Å². The number of rotatable bonds is 5. The minimum absolute atomic E-state index is 0.171. The van der Waals surface area contributed by atoms with Gasteiger partial charge in [-0.25, -0.2) is 8.42 Å². The molecule has 5 rings (SSSR count). The normalized spacial score (nSPS) is 18.2. The number of hydrogen-bond donors (Lipinski definition) is 0. The van der Waals surface area contributed by atoms with Crippen LogP contribution in [0.3, 0.4) is 0 Å². The molecule has 0 N–H and O–H groups in total. The molecule has 1 amide bonds. The van der Waals surface area contributed by atoms with Crippen molar-refractivity contribution in [3.8, 4) is 11.5 Å². The first kappa shape index (κ1) is 22.9. The number of hydrogen-bond acceptors (Lipinski definition) is 6. The van der Waals surface area contributed by atoms with Crippen LogP contribution in [0.15, 0.2) is 58.1 Å². The Morgan fingerprint density at radius 3 is 2.32 bits per heavy atom. The number of benzene rings is 2. The molecule has 178 valence electrons. The van der Waals surface area contributed by atoms with Gasteiger partial charge in [-0.05, 0) is 58.7 Å². The number of carbonyl (C=O) groups excluding carboxylic acids is 1. The minimum Gasteiger partial charge on any atom is -0.493 e. The van der Waals surface area contributed by atoms with Crippen LogP contribution in [0.1, 0.15) is 22.3 Å². The summed E-state index contributed by atoms with van der Waals surface area (Å²) in [6.07, 6.45) is 1.03. The summed E-state index contributed by atoms with van der Waals surface area (Å²) >= 11 is 1.17. The van der Waals surface area contributed by atoms with Crippen LogP contribution < -0.4 is 9.47 Å². The van der Waals surface area contributed by atoms with Crippen molar-refractivity contribution in [3.05, 3.63) is 76.2 Å². The molecule has 0 bridgehead atoms. The lowest BCUT2D eigenvalue weighted by Crippen LogP contribution is -2.54. The number of fused-ring (bicyclic) bond motifs is 2. The smallest absolute Gasteiger partial charge is 0.253 e. The van der Waals surface area contributed by atoms with Crippen molar-refractivity contribution in [2.75, 3.05) is 20.8 Å². The van der Waals surface area contributed by atoms with E-state index < -0.39 is 16.1 Å². The fraction of sp³-hybridized carbons (Fsp3) is 0.320. The van der Waals surface area contributed by atoms with E-state index in [4.69, 9.17) is 9.47 Å². The molecule has 0 aliphatic carbocycles. The van der Waals surface area contributed by atoms with Crippen LogP contribution >= 0.6 is 11.3 Å². The number of amides is 1. The summed E-state index contributed by atoms with van der Waals surface area (Å²) in [6.45, 7) is 1.11. The minimum atomic E-state index is -3.81. The van der Waals surface area contributed by atoms with Crippen molar-refractivity contribution in [3.63, 3.8) is 0 Å². The van der Waals surface area contributed by atoms with E-state index in [2.05, 4.69) is 0 Å². The van der Waals surface area contributed by atoms with Crippen molar-refractivity contribution in [2.45, 2.75) is 36.2 Å². The molecule has 0 unspecified atom stereocenters. The van der Waals surface area contributed by atoms with Gasteiger partial charge in [-0.15, -0.1) is 11.3 Å². The van der Waals surface area contributed by atoms with Crippen molar-refractivity contribution >= 4 is 27.3 Å². The van der Waals surface area contributed by atoms with Gasteiger partial charge in [0.2, 0.25) is 5.91 Å². The van der Waals surface area contributed by atoms with Crippen molar-refractivity contribution in [1.29, 1.82) is 0 Å². The predicted octanol–water partition coefficient (Wildman–Crippen LogP) is 3.47. The Balaban J connectivity index is 1.48. The van der Waals surface area contributed by atoms with E-state index in [1.807, 2.05) is 36.4 Å².